The van der Waals surface area contributed by atoms with Crippen molar-refractivity contribution in [1.82, 2.24) is 10.3 Å². The van der Waals surface area contributed by atoms with Crippen LogP contribution in [-0.2, 0) is 16.0 Å². The summed E-state index contributed by atoms with van der Waals surface area (Å²) in [6, 6.07) is 2.56. The Labute approximate surface area is 171 Å². The predicted molar refractivity (Wildman–Crippen MR) is 107 cm³/mol. The van der Waals surface area contributed by atoms with Gasteiger partial charge < -0.3 is 20.9 Å². The van der Waals surface area contributed by atoms with Crippen molar-refractivity contribution in [2.24, 2.45) is 5.73 Å². The zero-order valence-corrected chi connectivity index (χ0v) is 16.3. The zero-order valence-electron chi connectivity index (χ0n) is 16.3. The summed E-state index contributed by atoms with van der Waals surface area (Å²) in [5, 5.41) is 3.17. The van der Waals surface area contributed by atoms with Crippen LogP contribution in [-0.4, -0.2) is 41.9 Å². The van der Waals surface area contributed by atoms with Gasteiger partial charge in [-0.05, 0) is 36.6 Å². The average molecular weight is 420 g/mol. The summed E-state index contributed by atoms with van der Waals surface area (Å²) in [5.74, 6) is -5.97. The lowest BCUT2D eigenvalue weighted by molar-refractivity contribution is -0.123. The lowest BCUT2D eigenvalue weighted by Crippen LogP contribution is -2.47. The fourth-order valence-electron chi connectivity index (χ4n) is 4.65. The number of carbonyl (C=O) groups excluding carboxylic acids is 2. The van der Waals surface area contributed by atoms with E-state index in [1.54, 1.807) is 4.90 Å². The molecular weight excluding hydrogens is 397 g/mol. The van der Waals surface area contributed by atoms with Gasteiger partial charge in [-0.2, -0.15) is 0 Å². The average Bonchev–Trinajstić information content (AvgIpc) is 3.04. The van der Waals surface area contributed by atoms with Gasteiger partial charge in [0, 0.05) is 48.6 Å². The molecule has 1 aromatic carbocycles. The molecule has 4 N–H and O–H groups in total. The summed E-state index contributed by atoms with van der Waals surface area (Å²) < 4.78 is 43.9. The highest BCUT2D eigenvalue weighted by Crippen LogP contribution is 2.46. The van der Waals surface area contributed by atoms with Crippen molar-refractivity contribution in [1.29, 1.82) is 0 Å². The number of aromatic nitrogens is 1. The van der Waals surface area contributed by atoms with E-state index in [2.05, 4.69) is 16.9 Å². The minimum atomic E-state index is -3.12. The third kappa shape index (κ3) is 3.53. The number of benzene rings is 1. The van der Waals surface area contributed by atoms with Crippen molar-refractivity contribution in [2.45, 2.75) is 43.6 Å². The molecule has 6 nitrogen and oxygen atoms in total. The van der Waals surface area contributed by atoms with E-state index in [9.17, 15) is 18.4 Å². The number of primary amides is 1. The first-order valence-electron chi connectivity index (χ1n) is 9.88. The molecule has 2 aromatic rings. The fraction of sp³-hybridized carbons (Fsp3) is 0.429. The van der Waals surface area contributed by atoms with Gasteiger partial charge in [-0.15, -0.1) is 0 Å². The molecule has 9 heteroatoms. The summed E-state index contributed by atoms with van der Waals surface area (Å²) in [4.78, 5) is 28.3. The fourth-order valence-corrected chi connectivity index (χ4v) is 4.65. The van der Waals surface area contributed by atoms with Crippen LogP contribution in [0.5, 0.6) is 0 Å². The van der Waals surface area contributed by atoms with Crippen LogP contribution in [0.15, 0.2) is 24.8 Å². The van der Waals surface area contributed by atoms with Crippen molar-refractivity contribution in [3.05, 3.63) is 41.9 Å². The van der Waals surface area contributed by atoms with Crippen LogP contribution in [0.2, 0.25) is 0 Å². The monoisotopic (exact) mass is 420 g/mol. The van der Waals surface area contributed by atoms with Crippen LogP contribution in [0, 0.1) is 5.82 Å². The van der Waals surface area contributed by atoms with Gasteiger partial charge in [0.2, 0.25) is 11.8 Å². The molecule has 30 heavy (non-hydrogen) atoms. The van der Waals surface area contributed by atoms with Crippen LogP contribution in [0.25, 0.3) is 10.9 Å². The number of nitrogens with zero attached hydrogens (tertiary/aromatic N) is 1. The second-order valence-corrected chi connectivity index (χ2v) is 8.03. The molecule has 1 unspecified atom stereocenters. The van der Waals surface area contributed by atoms with Gasteiger partial charge in [-0.3, -0.25) is 9.59 Å². The lowest BCUT2D eigenvalue weighted by atomic mass is 9.83. The Hall–Kier alpha value is -2.97. The zero-order chi connectivity index (χ0) is 21.6. The minimum Gasteiger partial charge on any atom is -0.369 e. The first-order chi connectivity index (χ1) is 14.2. The molecule has 4 rings (SSSR count). The first kappa shape index (κ1) is 20.3. The van der Waals surface area contributed by atoms with Gasteiger partial charge in [-0.25, -0.2) is 13.2 Å². The largest absolute Gasteiger partial charge is 0.369 e. The molecule has 0 saturated carbocycles. The smallest absolute Gasteiger partial charge is 0.253 e. The normalized spacial score (nSPS) is 23.1. The first-order valence-corrected chi connectivity index (χ1v) is 9.88. The van der Waals surface area contributed by atoms with Crippen molar-refractivity contribution in [3.63, 3.8) is 0 Å². The molecule has 1 saturated heterocycles. The number of hydrogen-bond donors (Lipinski definition) is 3. The highest BCUT2D eigenvalue weighted by molar-refractivity contribution is 5.99. The topological polar surface area (TPSA) is 91.2 Å². The number of fused-ring (bicyclic) bond motifs is 3. The van der Waals surface area contributed by atoms with E-state index in [-0.39, 0.29) is 23.2 Å². The number of piperidine rings is 1. The molecule has 2 heterocycles. The minimum absolute atomic E-state index is 0.212. The van der Waals surface area contributed by atoms with E-state index in [1.165, 1.54) is 18.2 Å². The van der Waals surface area contributed by atoms with Crippen LogP contribution in [0.3, 0.4) is 0 Å². The molecule has 2 atom stereocenters. The quantitative estimate of drug-likeness (QED) is 0.665. The number of hydrogen-bond acceptors (Lipinski definition) is 3. The molecule has 0 radical (unpaired) electrons. The Kier molecular flexibility index (Phi) is 4.99. The molecule has 0 bridgehead atoms. The summed E-state index contributed by atoms with van der Waals surface area (Å²) in [7, 11) is 0. The number of amides is 2. The van der Waals surface area contributed by atoms with Crippen molar-refractivity contribution in [3.8, 4) is 0 Å². The van der Waals surface area contributed by atoms with Crippen molar-refractivity contribution < 1.29 is 22.8 Å². The second-order valence-electron chi connectivity index (χ2n) is 8.03. The van der Waals surface area contributed by atoms with E-state index in [0.29, 0.717) is 36.1 Å². The van der Waals surface area contributed by atoms with E-state index in [4.69, 9.17) is 5.73 Å². The Morgan fingerprint density at radius 2 is 2.13 bits per heavy atom. The highest BCUT2D eigenvalue weighted by atomic mass is 19.3. The van der Waals surface area contributed by atoms with Gasteiger partial charge in [-0.1, -0.05) is 6.58 Å². The molecule has 2 amide bonds. The second kappa shape index (κ2) is 7.37. The van der Waals surface area contributed by atoms with Gasteiger partial charge >= 0.3 is 0 Å². The maximum atomic E-state index is 15.0. The van der Waals surface area contributed by atoms with Crippen molar-refractivity contribution in [2.75, 3.05) is 18.0 Å². The van der Waals surface area contributed by atoms with Gasteiger partial charge in [0.25, 0.3) is 5.92 Å². The number of rotatable bonds is 4. The number of anilines is 1. The van der Waals surface area contributed by atoms with Gasteiger partial charge in [0.15, 0.2) is 0 Å². The maximum Gasteiger partial charge on any atom is 0.253 e. The molecule has 1 aromatic heterocycles. The lowest BCUT2D eigenvalue weighted by Gasteiger charge is -2.35. The number of H-pyrrole nitrogens is 1. The number of carbonyl (C=O) groups is 2. The summed E-state index contributed by atoms with van der Waals surface area (Å²) in [6.45, 7) is 4.29. The van der Waals surface area contributed by atoms with Gasteiger partial charge in [0.05, 0.1) is 11.6 Å². The SMILES string of the molecule is C=CC(=O)NC1CCCN(c2c(F)ccc3[nH]c4c(c23)CC(F)(F)C[C@@H]4C(N)=O)C1. The van der Waals surface area contributed by atoms with E-state index in [0.717, 1.165) is 6.42 Å². The molecular formula is C21H23F3N4O2. The Balaban J connectivity index is 1.81. The predicted octanol–water partition coefficient (Wildman–Crippen LogP) is 2.73. The summed E-state index contributed by atoms with van der Waals surface area (Å²) in [5.41, 5.74) is 6.65. The van der Waals surface area contributed by atoms with E-state index >= 15 is 4.39 Å². The molecule has 1 aliphatic heterocycles. The highest BCUT2D eigenvalue weighted by Gasteiger charge is 2.44. The van der Waals surface area contributed by atoms with E-state index in [1.807, 2.05) is 0 Å². The van der Waals surface area contributed by atoms with Crippen LogP contribution in [0.1, 0.15) is 36.4 Å². The van der Waals surface area contributed by atoms with Crippen LogP contribution in [0.4, 0.5) is 18.9 Å². The third-order valence-electron chi connectivity index (χ3n) is 5.92. The van der Waals surface area contributed by atoms with Crippen LogP contribution >= 0.6 is 0 Å². The standard InChI is InChI=1S/C21H23F3N4O2/c1-2-16(29)26-11-4-3-7-28(10-11)19-14(22)5-6-15-17(19)12-8-21(23,24)9-13(20(25)30)18(12)27-15/h2,5-6,11,13,27H,1,3-4,7-10H2,(H2,25,30)(H,26,29)/t11?,13-/m0/s1. The number of nitrogens with two attached hydrogens (primary N) is 1. The van der Waals surface area contributed by atoms with Crippen molar-refractivity contribution >= 4 is 28.4 Å². The number of aromatic amines is 1. The Morgan fingerprint density at radius 1 is 1.37 bits per heavy atom. The molecule has 160 valence electrons. The van der Waals surface area contributed by atoms with E-state index < -0.39 is 36.4 Å². The van der Waals surface area contributed by atoms with Crippen LogP contribution < -0.4 is 16.0 Å². The molecule has 0 spiro atoms. The maximum absolute atomic E-state index is 15.0. The Bertz CT molecular complexity index is 1030. The summed E-state index contributed by atoms with van der Waals surface area (Å²) in [6.07, 6.45) is 1.34. The Morgan fingerprint density at radius 3 is 2.83 bits per heavy atom. The molecule has 1 aliphatic carbocycles. The number of alkyl halides is 2. The molecule has 2 aliphatic rings. The number of nitrogens with one attached hydrogen (secondary N) is 2. The summed E-state index contributed by atoms with van der Waals surface area (Å²) >= 11 is 0. The third-order valence-corrected chi connectivity index (χ3v) is 5.92. The van der Waals surface area contributed by atoms with Gasteiger partial charge in [0.1, 0.15) is 5.82 Å². The number of halogens is 3. The molecule has 1 fully saturated rings.